The molecule has 40 heavy (non-hydrogen) atoms. The number of unbranched alkanes of at least 4 members (excludes halogenated alkanes) is 1. The molecule has 0 saturated heterocycles. The van der Waals surface area contributed by atoms with Crippen LogP contribution in [-0.4, -0.2) is 47.0 Å². The number of nitrogens with zero attached hydrogens (tertiary/aromatic N) is 1. The van der Waals surface area contributed by atoms with Crippen LogP contribution in [0.4, 0.5) is 4.79 Å². The zero-order valence-electron chi connectivity index (χ0n) is 24.8. The molecular formula is C33H45N3O4. The van der Waals surface area contributed by atoms with E-state index in [-0.39, 0.29) is 24.3 Å². The zero-order chi connectivity index (χ0) is 29.7. The first-order chi connectivity index (χ1) is 19.0. The van der Waals surface area contributed by atoms with Gasteiger partial charge in [-0.25, -0.2) is 4.79 Å². The van der Waals surface area contributed by atoms with Crippen LogP contribution in [0, 0.1) is 12.3 Å². The van der Waals surface area contributed by atoms with E-state index in [4.69, 9.17) is 11.2 Å². The molecule has 2 aromatic carbocycles. The summed E-state index contributed by atoms with van der Waals surface area (Å²) in [5, 5.41) is 5.89. The third-order valence-electron chi connectivity index (χ3n) is 6.37. The normalized spacial score (nSPS) is 13.3. The molecule has 0 saturated carbocycles. The average molecular weight is 548 g/mol. The first-order valence-corrected chi connectivity index (χ1v) is 14.2. The summed E-state index contributed by atoms with van der Waals surface area (Å²) >= 11 is 0. The maximum atomic E-state index is 14.4. The Morgan fingerprint density at radius 2 is 1.62 bits per heavy atom. The Labute approximate surface area is 240 Å². The predicted molar refractivity (Wildman–Crippen MR) is 160 cm³/mol. The molecule has 7 nitrogen and oxygen atoms in total. The van der Waals surface area contributed by atoms with Crippen LogP contribution in [0.2, 0.25) is 0 Å². The van der Waals surface area contributed by atoms with Gasteiger partial charge in [0.25, 0.3) is 0 Å². The minimum atomic E-state index is -0.942. The fourth-order valence-electron chi connectivity index (χ4n) is 4.46. The Kier molecular flexibility index (Phi) is 12.7. The molecule has 7 heteroatoms. The highest BCUT2D eigenvalue weighted by Gasteiger charge is 2.36. The average Bonchev–Trinajstić information content (AvgIpc) is 2.90. The molecule has 3 unspecified atom stereocenters. The van der Waals surface area contributed by atoms with Crippen LogP contribution in [-0.2, 0) is 20.7 Å². The molecule has 0 radical (unpaired) electrons. The second kappa shape index (κ2) is 15.7. The van der Waals surface area contributed by atoms with E-state index in [1.807, 2.05) is 44.2 Å². The van der Waals surface area contributed by atoms with E-state index in [1.165, 1.54) is 0 Å². The van der Waals surface area contributed by atoms with Crippen molar-refractivity contribution in [3.8, 4) is 12.3 Å². The fraction of sp³-hybridized carbons (Fsp3) is 0.485. The van der Waals surface area contributed by atoms with Gasteiger partial charge in [0, 0.05) is 24.6 Å². The van der Waals surface area contributed by atoms with Gasteiger partial charge in [-0.15, -0.1) is 6.42 Å². The number of nitrogens with one attached hydrogen (secondary N) is 2. The largest absolute Gasteiger partial charge is 0.444 e. The van der Waals surface area contributed by atoms with Crippen molar-refractivity contribution in [2.24, 2.45) is 0 Å². The smallest absolute Gasteiger partial charge is 0.408 e. The molecule has 0 aliphatic carbocycles. The number of alkyl carbamates (subject to hydrolysis) is 1. The predicted octanol–water partition coefficient (Wildman–Crippen LogP) is 5.78. The molecule has 0 heterocycles. The molecule has 2 aromatic rings. The Morgan fingerprint density at radius 3 is 2.17 bits per heavy atom. The highest BCUT2D eigenvalue weighted by atomic mass is 16.6. The number of benzene rings is 2. The summed E-state index contributed by atoms with van der Waals surface area (Å²) in [5.41, 5.74) is 1.48. The van der Waals surface area contributed by atoms with Gasteiger partial charge in [0.05, 0.1) is 0 Å². The lowest BCUT2D eigenvalue weighted by Gasteiger charge is -2.35. The monoisotopic (exact) mass is 547 g/mol. The topological polar surface area (TPSA) is 87.7 Å². The van der Waals surface area contributed by atoms with Gasteiger partial charge in [0.1, 0.15) is 17.7 Å². The van der Waals surface area contributed by atoms with Gasteiger partial charge in [0.2, 0.25) is 11.8 Å². The van der Waals surface area contributed by atoms with E-state index in [0.29, 0.717) is 24.1 Å². The van der Waals surface area contributed by atoms with Crippen LogP contribution < -0.4 is 10.6 Å². The number of amides is 3. The second-order valence-electron chi connectivity index (χ2n) is 11.1. The number of hydrogen-bond donors (Lipinski definition) is 2. The van der Waals surface area contributed by atoms with E-state index >= 15 is 0 Å². The molecule has 2 rings (SSSR count). The lowest BCUT2D eigenvalue weighted by molar-refractivity contribution is -0.142. The third-order valence-corrected chi connectivity index (χ3v) is 6.37. The van der Waals surface area contributed by atoms with Crippen molar-refractivity contribution in [2.75, 3.05) is 6.54 Å². The number of carbonyl (C=O) groups is 3. The van der Waals surface area contributed by atoms with E-state index in [2.05, 4.69) is 23.5 Å². The molecule has 0 aliphatic heterocycles. The summed E-state index contributed by atoms with van der Waals surface area (Å²) in [6.07, 6.45) is 8.37. The molecule has 0 bridgehead atoms. The van der Waals surface area contributed by atoms with E-state index in [9.17, 15) is 14.4 Å². The summed E-state index contributed by atoms with van der Waals surface area (Å²) in [7, 11) is 0. The standard InChI is InChI=1S/C33H45N3O4/c1-8-11-22-36(29(30(37)34-24(4)15-9-2)27-20-18-25(10-3)19-21-27)31(38)28(23-26-16-13-12-14-17-26)35-32(39)40-33(5,6)7/h3,12-14,16-21,24,28-29H,8-9,11,15,22-23H2,1-2,4-7H3,(H,34,37)(H,35,39). The Balaban J connectivity index is 2.55. The van der Waals surface area contributed by atoms with Crippen molar-refractivity contribution >= 4 is 17.9 Å². The number of rotatable bonds is 13. The molecule has 0 fully saturated rings. The molecule has 3 atom stereocenters. The first-order valence-electron chi connectivity index (χ1n) is 14.2. The van der Waals surface area contributed by atoms with Crippen molar-refractivity contribution in [3.63, 3.8) is 0 Å². The van der Waals surface area contributed by atoms with Crippen LogP contribution in [0.15, 0.2) is 54.6 Å². The molecule has 0 aromatic heterocycles. The highest BCUT2D eigenvalue weighted by Crippen LogP contribution is 2.25. The lowest BCUT2D eigenvalue weighted by atomic mass is 9.98. The van der Waals surface area contributed by atoms with Crippen molar-refractivity contribution in [3.05, 3.63) is 71.3 Å². The van der Waals surface area contributed by atoms with Gasteiger partial charge in [-0.1, -0.05) is 75.1 Å². The molecule has 216 valence electrons. The van der Waals surface area contributed by atoms with Crippen molar-refractivity contribution in [1.29, 1.82) is 0 Å². The van der Waals surface area contributed by atoms with Crippen molar-refractivity contribution < 1.29 is 19.1 Å². The molecule has 2 N–H and O–H groups in total. The maximum absolute atomic E-state index is 14.4. The minimum absolute atomic E-state index is 0.0619. The molecular weight excluding hydrogens is 502 g/mol. The SMILES string of the molecule is C#Cc1ccc(C(C(=O)NC(C)CCC)N(CCCC)C(=O)C(Cc2ccccc2)NC(=O)OC(C)(C)C)cc1. The fourth-order valence-corrected chi connectivity index (χ4v) is 4.46. The van der Waals surface area contributed by atoms with Gasteiger partial charge >= 0.3 is 6.09 Å². The van der Waals surface area contributed by atoms with Crippen LogP contribution >= 0.6 is 0 Å². The van der Waals surface area contributed by atoms with E-state index < -0.39 is 23.8 Å². The molecule has 0 spiro atoms. The number of terminal acetylenes is 1. The van der Waals surface area contributed by atoms with Crippen LogP contribution in [0.3, 0.4) is 0 Å². The number of carbonyl (C=O) groups excluding carboxylic acids is 3. The second-order valence-corrected chi connectivity index (χ2v) is 11.1. The summed E-state index contributed by atoms with van der Waals surface area (Å²) in [5.74, 6) is 1.98. The van der Waals surface area contributed by atoms with Gasteiger partial charge in [-0.05, 0) is 63.8 Å². The summed E-state index contributed by atoms with van der Waals surface area (Å²) < 4.78 is 5.50. The van der Waals surface area contributed by atoms with Crippen LogP contribution in [0.5, 0.6) is 0 Å². The van der Waals surface area contributed by atoms with Crippen molar-refractivity contribution in [2.45, 2.75) is 97.4 Å². The molecule has 0 aliphatic rings. The highest BCUT2D eigenvalue weighted by molar-refractivity contribution is 5.92. The van der Waals surface area contributed by atoms with Gasteiger partial charge < -0.3 is 20.3 Å². The third kappa shape index (κ3) is 10.4. The summed E-state index contributed by atoms with van der Waals surface area (Å²) in [6.45, 7) is 11.7. The summed E-state index contributed by atoms with van der Waals surface area (Å²) in [6, 6.07) is 14.7. The van der Waals surface area contributed by atoms with E-state index in [0.717, 1.165) is 24.8 Å². The van der Waals surface area contributed by atoms with Crippen molar-refractivity contribution in [1.82, 2.24) is 15.5 Å². The quantitative estimate of drug-likeness (QED) is 0.311. The van der Waals surface area contributed by atoms with Gasteiger partial charge in [-0.3, -0.25) is 9.59 Å². The Bertz CT molecular complexity index is 1130. The first kappa shape index (κ1) is 32.4. The Hall–Kier alpha value is -3.79. The molecule has 3 amide bonds. The van der Waals surface area contributed by atoms with Gasteiger partial charge in [0.15, 0.2) is 0 Å². The number of hydrogen-bond acceptors (Lipinski definition) is 4. The van der Waals surface area contributed by atoms with Crippen LogP contribution in [0.1, 0.15) is 90.0 Å². The van der Waals surface area contributed by atoms with E-state index in [1.54, 1.807) is 49.9 Å². The maximum Gasteiger partial charge on any atom is 0.408 e. The van der Waals surface area contributed by atoms with Gasteiger partial charge in [-0.2, -0.15) is 0 Å². The lowest BCUT2D eigenvalue weighted by Crippen LogP contribution is -2.54. The Morgan fingerprint density at radius 1 is 0.975 bits per heavy atom. The zero-order valence-corrected chi connectivity index (χ0v) is 24.8. The van der Waals surface area contributed by atoms with Crippen LogP contribution in [0.25, 0.3) is 0 Å². The number of ether oxygens (including phenoxy) is 1. The minimum Gasteiger partial charge on any atom is -0.444 e. The summed E-state index contributed by atoms with van der Waals surface area (Å²) in [4.78, 5) is 42.6.